The zero-order valence-corrected chi connectivity index (χ0v) is 14.9. The van der Waals surface area contributed by atoms with Crippen molar-refractivity contribution in [2.45, 2.75) is 13.5 Å². The number of hydrogen-bond acceptors (Lipinski definition) is 4. The zero-order chi connectivity index (χ0) is 18.4. The van der Waals surface area contributed by atoms with Crippen molar-refractivity contribution in [2.75, 3.05) is 14.1 Å². The Bertz CT molecular complexity index is 832. The predicted molar refractivity (Wildman–Crippen MR) is 90.5 cm³/mol. The first-order chi connectivity index (χ1) is 11.1. The molecule has 0 amide bonds. The van der Waals surface area contributed by atoms with Gasteiger partial charge in [0.15, 0.2) is 0 Å². The van der Waals surface area contributed by atoms with Crippen molar-refractivity contribution in [1.29, 1.82) is 5.26 Å². The number of ketones is 1. The minimum atomic E-state index is -2.93. The number of Topliss-reactive ketones (excluding diaryl/α,β-unsaturated/α-hetero) is 1. The number of aromatic nitrogens is 1. The summed E-state index contributed by atoms with van der Waals surface area (Å²) in [5.41, 5.74) is 0.133. The Morgan fingerprint density at radius 1 is 1.54 bits per heavy atom. The molecule has 24 heavy (non-hydrogen) atoms. The first-order valence-corrected chi connectivity index (χ1v) is 7.49. The summed E-state index contributed by atoms with van der Waals surface area (Å²) >= 11 is 3.13. The number of rotatable bonds is 6. The third-order valence-corrected chi connectivity index (χ3v) is 3.59. The summed E-state index contributed by atoms with van der Waals surface area (Å²) in [6, 6.07) is 3.32. The van der Waals surface area contributed by atoms with E-state index in [2.05, 4.69) is 32.2 Å². The summed E-state index contributed by atoms with van der Waals surface area (Å²) in [6.07, 6.45) is 2.88. The number of aromatic amines is 1. The fourth-order valence-corrected chi connectivity index (χ4v) is 2.05. The summed E-state index contributed by atoms with van der Waals surface area (Å²) < 4.78 is 29.0. The number of hydrogen-bond donors (Lipinski definition) is 1. The fraction of sp³-hybridized carbons (Fsp3) is 0.250. The number of allylic oxidation sites excluding steroid dienone is 3. The highest BCUT2D eigenvalue weighted by atomic mass is 79.9. The Morgan fingerprint density at radius 3 is 2.67 bits per heavy atom. The highest BCUT2D eigenvalue weighted by molar-refractivity contribution is 9.12. The van der Waals surface area contributed by atoms with Crippen molar-refractivity contribution in [3.63, 3.8) is 0 Å². The molecular formula is C16H16BrF2N3O2. The van der Waals surface area contributed by atoms with Gasteiger partial charge >= 0.3 is 6.61 Å². The number of halogens is 3. The van der Waals surface area contributed by atoms with Crippen molar-refractivity contribution in [1.82, 2.24) is 9.88 Å². The summed E-state index contributed by atoms with van der Waals surface area (Å²) in [7, 11) is 3.39. The molecule has 1 N–H and O–H groups in total. The molecule has 0 radical (unpaired) electrons. The third-order valence-electron chi connectivity index (χ3n) is 2.80. The van der Waals surface area contributed by atoms with Gasteiger partial charge in [-0.3, -0.25) is 4.79 Å². The maximum Gasteiger partial charge on any atom is 0.387 e. The average Bonchev–Trinajstić information content (AvgIpc) is 2.84. The molecule has 1 heterocycles. The van der Waals surface area contributed by atoms with E-state index < -0.39 is 12.4 Å². The fourth-order valence-electron chi connectivity index (χ4n) is 1.72. The molecule has 0 aliphatic heterocycles. The molecule has 0 unspecified atom stereocenters. The van der Waals surface area contributed by atoms with E-state index in [0.29, 0.717) is 10.6 Å². The van der Waals surface area contributed by atoms with Gasteiger partial charge in [-0.15, -0.1) is 0 Å². The first-order valence-electron chi connectivity index (χ1n) is 6.69. The van der Waals surface area contributed by atoms with E-state index in [1.807, 2.05) is 6.07 Å². The normalized spacial score (nSPS) is 13.6. The van der Waals surface area contributed by atoms with E-state index in [1.54, 1.807) is 19.0 Å². The van der Waals surface area contributed by atoms with Crippen LogP contribution in [0.15, 0.2) is 28.1 Å². The Kier molecular flexibility index (Phi) is 6.92. The first kappa shape index (κ1) is 19.6. The Morgan fingerprint density at radius 2 is 2.17 bits per heavy atom. The number of nitrogens with zero attached hydrogens (tertiary/aromatic N) is 2. The number of ether oxygens (including phenoxy) is 1. The number of nitrogens with one attached hydrogen (secondary N) is 1. The number of alkyl halides is 2. The van der Waals surface area contributed by atoms with Crippen LogP contribution >= 0.6 is 15.9 Å². The van der Waals surface area contributed by atoms with Crippen molar-refractivity contribution in [2.24, 2.45) is 0 Å². The molecule has 0 aliphatic carbocycles. The quantitative estimate of drug-likeness (QED) is 0.344. The van der Waals surface area contributed by atoms with Gasteiger partial charge in [-0.25, -0.2) is 0 Å². The highest BCUT2D eigenvalue weighted by Crippen LogP contribution is 2.16. The van der Waals surface area contributed by atoms with Gasteiger partial charge in [0, 0.05) is 25.6 Å². The SMILES string of the molecule is C=c1cc(C(=O)/C(C#N)=C/N(C)C)[nH]/c1=C/C(Br)=C(\C)OC(F)F. The monoisotopic (exact) mass is 399 g/mol. The van der Waals surface area contributed by atoms with Crippen LogP contribution < -0.4 is 10.6 Å². The van der Waals surface area contributed by atoms with Gasteiger partial charge in [0.25, 0.3) is 0 Å². The average molecular weight is 400 g/mol. The van der Waals surface area contributed by atoms with Gasteiger partial charge in [0.2, 0.25) is 5.78 Å². The van der Waals surface area contributed by atoms with Crippen LogP contribution in [0, 0.1) is 11.3 Å². The number of nitriles is 1. The molecule has 0 saturated carbocycles. The van der Waals surface area contributed by atoms with E-state index >= 15 is 0 Å². The van der Waals surface area contributed by atoms with Crippen molar-refractivity contribution >= 4 is 34.4 Å². The van der Waals surface area contributed by atoms with Crippen LogP contribution in [-0.2, 0) is 4.74 Å². The lowest BCUT2D eigenvalue weighted by Crippen LogP contribution is -2.20. The van der Waals surface area contributed by atoms with Gasteiger partial charge < -0.3 is 14.6 Å². The van der Waals surface area contributed by atoms with Crippen LogP contribution in [0.25, 0.3) is 12.7 Å². The van der Waals surface area contributed by atoms with Gasteiger partial charge in [-0.05, 0) is 40.2 Å². The smallest absolute Gasteiger partial charge is 0.387 e. The van der Waals surface area contributed by atoms with Gasteiger partial charge in [0.1, 0.15) is 17.4 Å². The van der Waals surface area contributed by atoms with E-state index in [9.17, 15) is 13.6 Å². The minimum absolute atomic E-state index is 0.0166. The van der Waals surface area contributed by atoms with Crippen LogP contribution in [0.2, 0.25) is 0 Å². The summed E-state index contributed by atoms with van der Waals surface area (Å²) in [5, 5.41) is 9.99. The number of H-pyrrole nitrogens is 1. The van der Waals surface area contributed by atoms with Crippen LogP contribution in [0.1, 0.15) is 17.4 Å². The minimum Gasteiger partial charge on any atom is -0.438 e. The molecule has 0 aromatic carbocycles. The lowest BCUT2D eigenvalue weighted by molar-refractivity contribution is -0.0954. The van der Waals surface area contributed by atoms with Gasteiger partial charge in [0.05, 0.1) is 10.2 Å². The molecule has 0 fully saturated rings. The second kappa shape index (κ2) is 8.45. The zero-order valence-electron chi connectivity index (χ0n) is 13.4. The molecule has 1 aromatic heterocycles. The second-order valence-electron chi connectivity index (χ2n) is 5.00. The molecule has 1 aromatic rings. The van der Waals surface area contributed by atoms with Crippen molar-refractivity contribution in [3.05, 3.63) is 44.3 Å². The highest BCUT2D eigenvalue weighted by Gasteiger charge is 2.14. The van der Waals surface area contributed by atoms with E-state index in [4.69, 9.17) is 5.26 Å². The molecule has 128 valence electrons. The van der Waals surface area contributed by atoms with Crippen molar-refractivity contribution < 1.29 is 18.3 Å². The van der Waals surface area contributed by atoms with Crippen LogP contribution in [0.5, 0.6) is 0 Å². The van der Waals surface area contributed by atoms with Crippen molar-refractivity contribution in [3.8, 4) is 6.07 Å². The lowest BCUT2D eigenvalue weighted by atomic mass is 10.1. The molecule has 1 rings (SSSR count). The van der Waals surface area contributed by atoms with E-state index in [1.165, 1.54) is 25.3 Å². The Labute approximate surface area is 146 Å². The Balaban J connectivity index is 3.27. The number of carbonyl (C=O) groups is 1. The largest absolute Gasteiger partial charge is 0.438 e. The van der Waals surface area contributed by atoms with E-state index in [-0.39, 0.29) is 21.5 Å². The molecule has 0 bridgehead atoms. The van der Waals surface area contributed by atoms with E-state index in [0.717, 1.165) is 0 Å². The molecule has 0 saturated heterocycles. The number of carbonyl (C=O) groups excluding carboxylic acids is 1. The maximum atomic E-state index is 12.3. The standard InChI is InChI=1S/C16H16BrF2N3O2/c1-9-5-14(15(23)11(7-20)8-22(3)4)21-13(9)6-12(17)10(2)24-16(18)19/h5-6,8,16,21H,1H2,2-4H3/b11-8+,12-10-,13-6+. The maximum absolute atomic E-state index is 12.3. The molecule has 0 atom stereocenters. The predicted octanol–water partition coefficient (Wildman–Crippen LogP) is 2.22. The molecule has 5 nitrogen and oxygen atoms in total. The second-order valence-corrected chi connectivity index (χ2v) is 5.85. The lowest BCUT2D eigenvalue weighted by Gasteiger charge is -2.05. The Hall–Kier alpha value is -2.40. The summed E-state index contributed by atoms with van der Waals surface area (Å²) in [4.78, 5) is 16.7. The molecule has 0 aliphatic rings. The topological polar surface area (TPSA) is 69.1 Å². The van der Waals surface area contributed by atoms with Crippen LogP contribution in [0.3, 0.4) is 0 Å². The molecular weight excluding hydrogens is 384 g/mol. The van der Waals surface area contributed by atoms with Gasteiger partial charge in [-0.2, -0.15) is 14.0 Å². The third kappa shape index (κ3) is 5.35. The summed E-state index contributed by atoms with van der Waals surface area (Å²) in [5.74, 6) is -0.506. The van der Waals surface area contributed by atoms with Crippen LogP contribution in [-0.4, -0.2) is 36.4 Å². The molecule has 8 heteroatoms. The van der Waals surface area contributed by atoms with Gasteiger partial charge in [-0.1, -0.05) is 6.58 Å². The van der Waals surface area contributed by atoms with Crippen LogP contribution in [0.4, 0.5) is 8.78 Å². The molecule has 0 spiro atoms. The summed E-state index contributed by atoms with van der Waals surface area (Å²) in [6.45, 7) is 2.23.